The van der Waals surface area contributed by atoms with Crippen LogP contribution in [0.2, 0.25) is 0 Å². The Hall–Kier alpha value is -1.52. The molecule has 0 aliphatic heterocycles. The van der Waals surface area contributed by atoms with E-state index in [1.165, 1.54) is 25.4 Å². The lowest BCUT2D eigenvalue weighted by Crippen LogP contribution is -2.17. The van der Waals surface area contributed by atoms with Crippen LogP contribution in [0.25, 0.3) is 22.2 Å². The van der Waals surface area contributed by atoms with E-state index in [0.717, 1.165) is 0 Å². The molecule has 0 N–H and O–H groups in total. The molecule has 0 saturated carbocycles. The van der Waals surface area contributed by atoms with Crippen LogP contribution in [0.3, 0.4) is 0 Å². The van der Waals surface area contributed by atoms with Gasteiger partial charge in [-0.15, -0.1) is 17.8 Å². The van der Waals surface area contributed by atoms with Gasteiger partial charge in [0.2, 0.25) is 0 Å². The molecule has 0 unspecified atom stereocenters. The molecule has 15 heavy (non-hydrogen) atoms. The predicted octanol–water partition coefficient (Wildman–Crippen LogP) is 2.42. The lowest BCUT2D eigenvalue weighted by atomic mass is 10.1. The lowest BCUT2D eigenvalue weighted by Gasteiger charge is -1.93. The first-order valence-corrected chi connectivity index (χ1v) is 5.70. The molecule has 2 aromatic rings. The third kappa shape index (κ3) is 1.58. The van der Waals surface area contributed by atoms with Crippen molar-refractivity contribution < 1.29 is 0 Å². The largest absolute Gasteiger partial charge is 0.135 e. The highest BCUT2D eigenvalue weighted by atomic mass is 32.1. The van der Waals surface area contributed by atoms with Gasteiger partial charge in [-0.25, -0.2) is 0 Å². The number of rotatable bonds is 0. The number of terminal acetylenes is 1. The zero-order valence-electron chi connectivity index (χ0n) is 8.87. The molecule has 0 saturated heterocycles. The number of hydrogen-bond donors (Lipinski definition) is 0. The molecule has 0 aliphatic carbocycles. The smallest absolute Gasteiger partial charge is 0.0435 e. The van der Waals surface area contributed by atoms with Gasteiger partial charge in [0.05, 0.1) is 0 Å². The first kappa shape index (κ1) is 10.0. The van der Waals surface area contributed by atoms with Crippen LogP contribution in [0.1, 0.15) is 12.5 Å². The average molecular weight is 212 g/mol. The van der Waals surface area contributed by atoms with E-state index < -0.39 is 0 Å². The third-order valence-corrected chi connectivity index (χ3v) is 3.61. The molecule has 0 aliphatic rings. The van der Waals surface area contributed by atoms with Gasteiger partial charge in [-0.1, -0.05) is 24.1 Å². The van der Waals surface area contributed by atoms with Crippen LogP contribution in [-0.2, 0) is 0 Å². The molecular weight excluding hydrogens is 200 g/mol. The van der Waals surface area contributed by atoms with Gasteiger partial charge in [0.1, 0.15) is 0 Å². The van der Waals surface area contributed by atoms with Gasteiger partial charge in [-0.2, -0.15) is 0 Å². The fourth-order valence-electron chi connectivity index (χ4n) is 1.84. The van der Waals surface area contributed by atoms with Gasteiger partial charge in [-0.3, -0.25) is 0 Å². The Labute approximate surface area is 93.6 Å². The summed E-state index contributed by atoms with van der Waals surface area (Å²) in [5, 5.41) is 2.61. The summed E-state index contributed by atoms with van der Waals surface area (Å²) in [5.74, 6) is 2.60. The van der Waals surface area contributed by atoms with Gasteiger partial charge < -0.3 is 0 Å². The van der Waals surface area contributed by atoms with Gasteiger partial charge >= 0.3 is 0 Å². The molecule has 0 nitrogen and oxygen atoms in total. The molecule has 1 heteroatoms. The number of benzene rings is 1. The summed E-state index contributed by atoms with van der Waals surface area (Å²) in [6.45, 7) is 4.20. The normalized spacial score (nSPS) is 13.4. The maximum atomic E-state index is 5.33. The first-order chi connectivity index (χ1) is 7.27. The molecule has 74 valence electrons. The Morgan fingerprint density at radius 1 is 1.40 bits per heavy atom. The summed E-state index contributed by atoms with van der Waals surface area (Å²) in [6.07, 6.45) is 9.31. The van der Waals surface area contributed by atoms with E-state index in [-0.39, 0.29) is 0 Å². The van der Waals surface area contributed by atoms with Crippen LogP contribution in [0.4, 0.5) is 0 Å². The summed E-state index contributed by atoms with van der Waals surface area (Å²) in [5.41, 5.74) is 1.31. The molecule has 1 heterocycles. The quantitative estimate of drug-likeness (QED) is 0.588. The Kier molecular flexibility index (Phi) is 2.62. The zero-order valence-corrected chi connectivity index (χ0v) is 9.69. The monoisotopic (exact) mass is 212 g/mol. The van der Waals surface area contributed by atoms with E-state index in [1.54, 1.807) is 11.3 Å². The number of fused-ring (bicyclic) bond motifs is 1. The molecular formula is C14H12S. The van der Waals surface area contributed by atoms with Gasteiger partial charge in [0.25, 0.3) is 0 Å². The summed E-state index contributed by atoms with van der Waals surface area (Å²) >= 11 is 1.76. The minimum atomic E-state index is 1.18. The SMILES string of the molecule is C#C/C=c1/sc2cccc(C)c2/c1=C/C. The molecule has 1 aromatic carbocycles. The molecule has 0 radical (unpaired) electrons. The van der Waals surface area contributed by atoms with Gasteiger partial charge in [-0.05, 0) is 30.7 Å². The van der Waals surface area contributed by atoms with Crippen molar-refractivity contribution in [2.24, 2.45) is 0 Å². The minimum Gasteiger partial charge on any atom is -0.135 e. The maximum absolute atomic E-state index is 5.33. The molecule has 0 atom stereocenters. The van der Waals surface area contributed by atoms with Gasteiger partial charge in [0, 0.05) is 20.7 Å². The van der Waals surface area contributed by atoms with Crippen molar-refractivity contribution in [2.75, 3.05) is 0 Å². The maximum Gasteiger partial charge on any atom is 0.0435 e. The molecule has 0 spiro atoms. The molecule has 0 amide bonds. The van der Waals surface area contributed by atoms with Crippen molar-refractivity contribution in [3.05, 3.63) is 33.5 Å². The Morgan fingerprint density at radius 2 is 2.20 bits per heavy atom. The first-order valence-electron chi connectivity index (χ1n) is 4.88. The predicted molar refractivity (Wildman–Crippen MR) is 69.2 cm³/mol. The van der Waals surface area contributed by atoms with Gasteiger partial charge in [0.15, 0.2) is 0 Å². The van der Waals surface area contributed by atoms with E-state index in [9.17, 15) is 0 Å². The molecule has 0 bridgehead atoms. The molecule has 1 aromatic heterocycles. The van der Waals surface area contributed by atoms with Crippen molar-refractivity contribution in [1.82, 2.24) is 0 Å². The van der Waals surface area contributed by atoms with E-state index in [2.05, 4.69) is 44.0 Å². The fraction of sp³-hybridized carbons (Fsp3) is 0.143. The summed E-state index contributed by atoms with van der Waals surface area (Å²) in [4.78, 5) is 0. The van der Waals surface area contributed by atoms with Crippen molar-refractivity contribution >= 4 is 33.6 Å². The lowest BCUT2D eigenvalue weighted by molar-refractivity contribution is 1.53. The Bertz CT molecular complexity index is 651. The van der Waals surface area contributed by atoms with E-state index in [1.807, 2.05) is 6.08 Å². The second-order valence-corrected chi connectivity index (χ2v) is 4.51. The second-order valence-electron chi connectivity index (χ2n) is 3.43. The zero-order chi connectivity index (χ0) is 10.8. The Balaban J connectivity index is 3.09. The highest BCUT2D eigenvalue weighted by Crippen LogP contribution is 2.16. The van der Waals surface area contributed by atoms with Crippen LogP contribution in [-0.4, -0.2) is 0 Å². The second kappa shape index (κ2) is 3.92. The minimum absolute atomic E-state index is 1.18. The van der Waals surface area contributed by atoms with Crippen molar-refractivity contribution in [2.45, 2.75) is 13.8 Å². The van der Waals surface area contributed by atoms with Crippen LogP contribution in [0.15, 0.2) is 18.2 Å². The van der Waals surface area contributed by atoms with Crippen LogP contribution in [0.5, 0.6) is 0 Å². The standard InChI is InChI=1S/C14H12S/c1-4-7-12-11(5-2)14-10(3)8-6-9-13(14)15-12/h1,5-9H,2-3H3/b11-5+,12-7+. The topological polar surface area (TPSA) is 0 Å². The van der Waals surface area contributed by atoms with E-state index >= 15 is 0 Å². The number of hydrogen-bond acceptors (Lipinski definition) is 1. The Morgan fingerprint density at radius 3 is 2.87 bits per heavy atom. The highest BCUT2D eigenvalue weighted by Gasteiger charge is 2.02. The van der Waals surface area contributed by atoms with Crippen LogP contribution >= 0.6 is 11.3 Å². The van der Waals surface area contributed by atoms with Crippen molar-refractivity contribution in [1.29, 1.82) is 0 Å². The highest BCUT2D eigenvalue weighted by molar-refractivity contribution is 7.17. The summed E-state index contributed by atoms with van der Waals surface area (Å²) in [7, 11) is 0. The fourth-order valence-corrected chi connectivity index (χ4v) is 3.05. The van der Waals surface area contributed by atoms with Crippen LogP contribution in [0, 0.1) is 19.3 Å². The summed E-state index contributed by atoms with van der Waals surface area (Å²) in [6, 6.07) is 6.38. The van der Waals surface area contributed by atoms with E-state index in [4.69, 9.17) is 6.42 Å². The average Bonchev–Trinajstić information content (AvgIpc) is 2.57. The van der Waals surface area contributed by atoms with Crippen LogP contribution < -0.4 is 9.75 Å². The van der Waals surface area contributed by atoms with E-state index in [0.29, 0.717) is 0 Å². The molecule has 2 rings (SSSR count). The van der Waals surface area contributed by atoms with Crippen molar-refractivity contribution in [3.63, 3.8) is 0 Å². The summed E-state index contributed by atoms with van der Waals surface area (Å²) < 4.78 is 2.49. The number of aryl methyl sites for hydroxylation is 1. The van der Waals surface area contributed by atoms with Crippen molar-refractivity contribution in [3.8, 4) is 12.3 Å². The number of thiophene rings is 1. The third-order valence-electron chi connectivity index (χ3n) is 2.49. The molecule has 0 fully saturated rings.